The number of aryl methyl sites for hydroxylation is 1. The normalized spacial score (nSPS) is 10.6. The second-order valence-corrected chi connectivity index (χ2v) is 5.61. The minimum atomic E-state index is -0.623. The van der Waals surface area contributed by atoms with Gasteiger partial charge in [0.05, 0.1) is 16.1 Å². The molecule has 0 aliphatic rings. The van der Waals surface area contributed by atoms with Crippen LogP contribution in [0, 0.1) is 17.0 Å². The maximum atomic E-state index is 12.4. The van der Waals surface area contributed by atoms with E-state index in [0.717, 1.165) is 17.1 Å². The number of fused-ring (bicyclic) bond motifs is 1. The number of anilines is 1. The molecule has 6 nitrogen and oxygen atoms in total. The van der Waals surface area contributed by atoms with E-state index in [1.165, 1.54) is 12.1 Å². The quantitative estimate of drug-likeness (QED) is 0.566. The Morgan fingerprint density at radius 1 is 1.21 bits per heavy atom. The zero-order chi connectivity index (χ0) is 17.3. The van der Waals surface area contributed by atoms with Crippen molar-refractivity contribution in [3.8, 4) is 0 Å². The van der Waals surface area contributed by atoms with E-state index in [1.807, 2.05) is 25.1 Å². The first-order valence-corrected chi connectivity index (χ1v) is 7.45. The van der Waals surface area contributed by atoms with Crippen LogP contribution in [0.25, 0.3) is 10.9 Å². The number of nitro benzene ring substituents is 1. The standard InChI is InChI=1S/C17H12ClN3O3/c1-10-5-6-11-3-2-4-14(16(11)19-10)20-17(22)12-7-8-13(18)15(9-12)21(23)24/h2-9H,1H3,(H,20,22). The van der Waals surface area contributed by atoms with Crippen molar-refractivity contribution in [2.45, 2.75) is 6.92 Å². The zero-order valence-corrected chi connectivity index (χ0v) is 13.4. The second kappa shape index (κ2) is 6.25. The Morgan fingerprint density at radius 2 is 2.00 bits per heavy atom. The van der Waals surface area contributed by atoms with Crippen molar-refractivity contribution in [1.82, 2.24) is 4.98 Å². The first kappa shape index (κ1) is 15.9. The number of hydrogen-bond donors (Lipinski definition) is 1. The molecule has 0 aliphatic heterocycles. The molecule has 0 atom stereocenters. The molecule has 0 aliphatic carbocycles. The fourth-order valence-electron chi connectivity index (χ4n) is 2.33. The van der Waals surface area contributed by atoms with Crippen molar-refractivity contribution in [3.63, 3.8) is 0 Å². The summed E-state index contributed by atoms with van der Waals surface area (Å²) in [6.45, 7) is 1.86. The third kappa shape index (κ3) is 3.04. The maximum Gasteiger partial charge on any atom is 0.288 e. The fraction of sp³-hybridized carbons (Fsp3) is 0.0588. The number of pyridine rings is 1. The number of aromatic nitrogens is 1. The van der Waals surface area contributed by atoms with Gasteiger partial charge in [0.1, 0.15) is 5.02 Å². The molecule has 24 heavy (non-hydrogen) atoms. The molecule has 1 heterocycles. The molecule has 1 aromatic heterocycles. The smallest absolute Gasteiger partial charge is 0.288 e. The van der Waals surface area contributed by atoms with Gasteiger partial charge in [0.25, 0.3) is 11.6 Å². The second-order valence-electron chi connectivity index (χ2n) is 5.21. The number of nitrogens with one attached hydrogen (secondary N) is 1. The van der Waals surface area contributed by atoms with Crippen molar-refractivity contribution in [1.29, 1.82) is 0 Å². The zero-order valence-electron chi connectivity index (χ0n) is 12.6. The molecule has 0 bridgehead atoms. The third-order valence-corrected chi connectivity index (χ3v) is 3.83. The fourth-order valence-corrected chi connectivity index (χ4v) is 2.52. The maximum absolute atomic E-state index is 12.4. The lowest BCUT2D eigenvalue weighted by Crippen LogP contribution is -2.12. The molecular formula is C17H12ClN3O3. The van der Waals surface area contributed by atoms with Gasteiger partial charge in [-0.05, 0) is 31.2 Å². The van der Waals surface area contributed by atoms with E-state index in [-0.39, 0.29) is 16.3 Å². The number of benzene rings is 2. The van der Waals surface area contributed by atoms with Crippen molar-refractivity contribution >= 4 is 39.8 Å². The molecule has 7 heteroatoms. The minimum Gasteiger partial charge on any atom is -0.320 e. The topological polar surface area (TPSA) is 85.1 Å². The number of amides is 1. The van der Waals surface area contributed by atoms with Crippen LogP contribution in [0.5, 0.6) is 0 Å². The molecule has 1 N–H and O–H groups in total. The van der Waals surface area contributed by atoms with Gasteiger partial charge < -0.3 is 5.32 Å². The number of halogens is 1. The van der Waals surface area contributed by atoms with Crippen molar-refractivity contribution in [3.05, 3.63) is 74.9 Å². The Kier molecular flexibility index (Phi) is 4.14. The highest BCUT2D eigenvalue weighted by Crippen LogP contribution is 2.26. The van der Waals surface area contributed by atoms with Gasteiger partial charge in [-0.2, -0.15) is 0 Å². The molecule has 0 saturated carbocycles. The average Bonchev–Trinajstić information content (AvgIpc) is 2.55. The van der Waals surface area contributed by atoms with Crippen LogP contribution in [0.15, 0.2) is 48.5 Å². The number of carbonyl (C=O) groups excluding carboxylic acids is 1. The first-order chi connectivity index (χ1) is 11.5. The highest BCUT2D eigenvalue weighted by Gasteiger charge is 2.17. The monoisotopic (exact) mass is 341 g/mol. The molecule has 0 unspecified atom stereocenters. The lowest BCUT2D eigenvalue weighted by Gasteiger charge is -2.09. The van der Waals surface area contributed by atoms with Crippen LogP contribution in [0.1, 0.15) is 16.1 Å². The van der Waals surface area contributed by atoms with Crippen LogP contribution in [0.4, 0.5) is 11.4 Å². The van der Waals surface area contributed by atoms with E-state index < -0.39 is 10.8 Å². The first-order valence-electron chi connectivity index (χ1n) is 7.07. The van der Waals surface area contributed by atoms with Crippen molar-refractivity contribution in [2.75, 3.05) is 5.32 Å². The van der Waals surface area contributed by atoms with Crippen LogP contribution in [-0.4, -0.2) is 15.8 Å². The summed E-state index contributed by atoms with van der Waals surface area (Å²) in [5, 5.41) is 14.6. The van der Waals surface area contributed by atoms with Crippen molar-refractivity contribution < 1.29 is 9.72 Å². The van der Waals surface area contributed by atoms with E-state index in [0.29, 0.717) is 11.2 Å². The summed E-state index contributed by atoms with van der Waals surface area (Å²) in [5.41, 5.74) is 1.87. The molecule has 120 valence electrons. The SMILES string of the molecule is Cc1ccc2cccc(NC(=O)c3ccc(Cl)c([N+](=O)[O-])c3)c2n1. The van der Waals surface area contributed by atoms with Gasteiger partial charge >= 0.3 is 0 Å². The molecule has 0 saturated heterocycles. The van der Waals surface area contributed by atoms with Gasteiger partial charge in [0.15, 0.2) is 0 Å². The molecule has 3 aromatic rings. The molecule has 1 amide bonds. The number of para-hydroxylation sites is 1. The predicted molar refractivity (Wildman–Crippen MR) is 92.5 cm³/mol. The molecule has 0 radical (unpaired) electrons. The molecular weight excluding hydrogens is 330 g/mol. The molecule has 2 aromatic carbocycles. The third-order valence-electron chi connectivity index (χ3n) is 3.51. The number of nitro groups is 1. The van der Waals surface area contributed by atoms with Crippen LogP contribution < -0.4 is 5.32 Å². The average molecular weight is 342 g/mol. The summed E-state index contributed by atoms with van der Waals surface area (Å²) in [6, 6.07) is 13.2. The lowest BCUT2D eigenvalue weighted by atomic mass is 10.1. The van der Waals surface area contributed by atoms with Crippen LogP contribution in [0.2, 0.25) is 5.02 Å². The predicted octanol–water partition coefficient (Wildman–Crippen LogP) is 4.36. The van der Waals surface area contributed by atoms with Gasteiger partial charge in [-0.1, -0.05) is 29.8 Å². The van der Waals surface area contributed by atoms with E-state index in [2.05, 4.69) is 10.3 Å². The van der Waals surface area contributed by atoms with Crippen LogP contribution in [0.3, 0.4) is 0 Å². The Labute approximate surface area is 142 Å². The van der Waals surface area contributed by atoms with Gasteiger partial charge in [-0.3, -0.25) is 19.9 Å². The Morgan fingerprint density at radius 3 is 2.75 bits per heavy atom. The Bertz CT molecular complexity index is 972. The van der Waals surface area contributed by atoms with Gasteiger partial charge in [-0.25, -0.2) is 0 Å². The van der Waals surface area contributed by atoms with Crippen molar-refractivity contribution in [2.24, 2.45) is 0 Å². The van der Waals surface area contributed by atoms with E-state index >= 15 is 0 Å². The summed E-state index contributed by atoms with van der Waals surface area (Å²) >= 11 is 5.77. The Hall–Kier alpha value is -2.99. The van der Waals surface area contributed by atoms with Gasteiger partial charge in [0, 0.05) is 22.7 Å². The summed E-state index contributed by atoms with van der Waals surface area (Å²) < 4.78 is 0. The summed E-state index contributed by atoms with van der Waals surface area (Å²) in [6.07, 6.45) is 0. The summed E-state index contributed by atoms with van der Waals surface area (Å²) in [4.78, 5) is 27.2. The van der Waals surface area contributed by atoms with Gasteiger partial charge in [0.2, 0.25) is 0 Å². The number of nitrogens with zero attached hydrogens (tertiary/aromatic N) is 2. The largest absolute Gasteiger partial charge is 0.320 e. The molecule has 3 rings (SSSR count). The number of hydrogen-bond acceptors (Lipinski definition) is 4. The van der Waals surface area contributed by atoms with Crippen LogP contribution >= 0.6 is 11.6 Å². The van der Waals surface area contributed by atoms with E-state index in [9.17, 15) is 14.9 Å². The lowest BCUT2D eigenvalue weighted by molar-refractivity contribution is -0.384. The number of carbonyl (C=O) groups is 1. The highest BCUT2D eigenvalue weighted by atomic mass is 35.5. The summed E-state index contributed by atoms with van der Waals surface area (Å²) in [5.74, 6) is -0.467. The highest BCUT2D eigenvalue weighted by molar-refractivity contribution is 6.32. The van der Waals surface area contributed by atoms with Gasteiger partial charge in [-0.15, -0.1) is 0 Å². The number of rotatable bonds is 3. The van der Waals surface area contributed by atoms with E-state index in [4.69, 9.17) is 11.6 Å². The molecule has 0 fully saturated rings. The molecule has 0 spiro atoms. The summed E-state index contributed by atoms with van der Waals surface area (Å²) in [7, 11) is 0. The minimum absolute atomic E-state index is 0.0148. The van der Waals surface area contributed by atoms with Crippen LogP contribution in [-0.2, 0) is 0 Å². The van der Waals surface area contributed by atoms with E-state index in [1.54, 1.807) is 12.1 Å². The Balaban J connectivity index is 1.97.